The van der Waals surface area contributed by atoms with Gasteiger partial charge in [-0.1, -0.05) is 41.9 Å². The summed E-state index contributed by atoms with van der Waals surface area (Å²) in [7, 11) is 0. The van der Waals surface area contributed by atoms with Crippen LogP contribution in [0.4, 0.5) is 0 Å². The molecule has 3 aromatic rings. The molecule has 0 saturated heterocycles. The van der Waals surface area contributed by atoms with Crippen molar-refractivity contribution in [3.63, 3.8) is 0 Å². The zero-order valence-electron chi connectivity index (χ0n) is 11.4. The van der Waals surface area contributed by atoms with Crippen LogP contribution in [0, 0.1) is 0 Å². The molecule has 0 aliphatic rings. The first-order chi connectivity index (χ1) is 10.7. The maximum absolute atomic E-state index is 12.3. The van der Waals surface area contributed by atoms with Gasteiger partial charge < -0.3 is 4.74 Å². The Morgan fingerprint density at radius 2 is 1.45 bits per heavy atom. The average Bonchev–Trinajstić information content (AvgIpc) is 2.58. The monoisotopic (exact) mass is 310 g/mol. The molecule has 0 N–H and O–H groups in total. The van der Waals surface area contributed by atoms with Gasteiger partial charge >= 0.3 is 6.01 Å². The molecule has 0 unspecified atom stereocenters. The summed E-state index contributed by atoms with van der Waals surface area (Å²) in [6.07, 6.45) is 2.91. The largest absolute Gasteiger partial charge is 0.424 e. The average molecular weight is 311 g/mol. The lowest BCUT2D eigenvalue weighted by atomic mass is 10.0. The minimum Gasteiger partial charge on any atom is -0.424 e. The van der Waals surface area contributed by atoms with Crippen molar-refractivity contribution in [2.45, 2.75) is 0 Å². The highest BCUT2D eigenvalue weighted by Crippen LogP contribution is 2.20. The van der Waals surface area contributed by atoms with Gasteiger partial charge in [0.15, 0.2) is 5.78 Å². The predicted octanol–water partition coefficient (Wildman–Crippen LogP) is 4.15. The molecule has 0 bridgehead atoms. The fraction of sp³-hybridized carbons (Fsp3) is 0. The second kappa shape index (κ2) is 6.37. The Morgan fingerprint density at radius 1 is 0.864 bits per heavy atom. The van der Waals surface area contributed by atoms with Gasteiger partial charge in [-0.25, -0.2) is 9.97 Å². The number of halogens is 1. The van der Waals surface area contributed by atoms with Gasteiger partial charge in [-0.05, 0) is 24.3 Å². The minimum atomic E-state index is -0.0325. The normalized spacial score (nSPS) is 10.2. The van der Waals surface area contributed by atoms with Crippen LogP contribution in [0.3, 0.4) is 0 Å². The number of hydrogen-bond donors (Lipinski definition) is 0. The van der Waals surface area contributed by atoms with Crippen molar-refractivity contribution in [2.24, 2.45) is 0 Å². The van der Waals surface area contributed by atoms with Gasteiger partial charge in [0, 0.05) is 11.1 Å². The van der Waals surface area contributed by atoms with Crippen molar-refractivity contribution in [3.8, 4) is 11.8 Å². The van der Waals surface area contributed by atoms with Crippen molar-refractivity contribution in [1.29, 1.82) is 0 Å². The molecule has 3 rings (SSSR count). The zero-order valence-corrected chi connectivity index (χ0v) is 12.2. The molecule has 0 atom stereocenters. The number of hydrogen-bond acceptors (Lipinski definition) is 4. The van der Waals surface area contributed by atoms with Crippen LogP contribution >= 0.6 is 11.6 Å². The highest BCUT2D eigenvalue weighted by molar-refractivity contribution is 6.30. The molecule has 0 spiro atoms. The molecule has 0 amide bonds. The van der Waals surface area contributed by atoms with Crippen LogP contribution < -0.4 is 4.74 Å². The number of ether oxygens (including phenoxy) is 1. The van der Waals surface area contributed by atoms with Gasteiger partial charge in [-0.3, -0.25) is 4.79 Å². The Hall–Kier alpha value is -2.72. The number of nitrogens with zero attached hydrogens (tertiary/aromatic N) is 2. The smallest absolute Gasteiger partial charge is 0.321 e. The van der Waals surface area contributed by atoms with Crippen LogP contribution in [0.2, 0.25) is 5.02 Å². The number of rotatable bonds is 4. The maximum atomic E-state index is 12.3. The molecule has 0 aliphatic heterocycles. The van der Waals surface area contributed by atoms with Crippen LogP contribution in [0.5, 0.6) is 11.8 Å². The first kappa shape index (κ1) is 14.2. The molecule has 0 fully saturated rings. The maximum Gasteiger partial charge on any atom is 0.321 e. The van der Waals surface area contributed by atoms with Crippen molar-refractivity contribution < 1.29 is 9.53 Å². The number of aromatic nitrogens is 2. The molecule has 1 heterocycles. The third kappa shape index (κ3) is 3.30. The van der Waals surface area contributed by atoms with E-state index in [1.165, 1.54) is 12.4 Å². The molecule has 2 aromatic carbocycles. The Labute approximate surface area is 132 Å². The number of carbonyl (C=O) groups is 1. The molecule has 0 aliphatic carbocycles. The van der Waals surface area contributed by atoms with E-state index in [-0.39, 0.29) is 11.8 Å². The predicted molar refractivity (Wildman–Crippen MR) is 83.4 cm³/mol. The Morgan fingerprint density at radius 3 is 2.09 bits per heavy atom. The van der Waals surface area contributed by atoms with E-state index in [2.05, 4.69) is 9.97 Å². The van der Waals surface area contributed by atoms with Crippen LogP contribution in [0.25, 0.3) is 0 Å². The van der Waals surface area contributed by atoms with E-state index in [1.807, 2.05) is 18.2 Å². The first-order valence-corrected chi connectivity index (χ1v) is 6.95. The summed E-state index contributed by atoms with van der Waals surface area (Å²) in [6, 6.07) is 16.1. The van der Waals surface area contributed by atoms with Crippen molar-refractivity contribution >= 4 is 17.4 Å². The fourth-order valence-corrected chi connectivity index (χ4v) is 1.99. The number of carbonyl (C=O) groups excluding carboxylic acids is 1. The van der Waals surface area contributed by atoms with E-state index < -0.39 is 0 Å². The third-order valence-electron chi connectivity index (χ3n) is 2.96. The highest BCUT2D eigenvalue weighted by Gasteiger charge is 2.08. The lowest BCUT2D eigenvalue weighted by molar-refractivity contribution is 0.103. The van der Waals surface area contributed by atoms with Crippen LogP contribution in [-0.4, -0.2) is 15.8 Å². The summed E-state index contributed by atoms with van der Waals surface area (Å²) in [5.74, 6) is 0.516. The van der Waals surface area contributed by atoms with E-state index in [0.717, 1.165) is 0 Å². The van der Waals surface area contributed by atoms with Gasteiger partial charge in [0.1, 0.15) is 5.75 Å². The van der Waals surface area contributed by atoms with E-state index in [4.69, 9.17) is 16.3 Å². The lowest BCUT2D eigenvalue weighted by Gasteiger charge is -2.05. The first-order valence-electron chi connectivity index (χ1n) is 6.57. The van der Waals surface area contributed by atoms with Gasteiger partial charge in [0.05, 0.1) is 17.4 Å². The molecule has 5 heteroatoms. The van der Waals surface area contributed by atoms with Crippen molar-refractivity contribution in [2.75, 3.05) is 0 Å². The molecule has 0 saturated carbocycles. The Kier molecular flexibility index (Phi) is 4.12. The second-order valence-electron chi connectivity index (χ2n) is 4.51. The summed E-state index contributed by atoms with van der Waals surface area (Å²) < 4.78 is 5.48. The summed E-state index contributed by atoms with van der Waals surface area (Å²) in [5, 5.41) is 0.441. The summed E-state index contributed by atoms with van der Waals surface area (Å²) >= 11 is 5.71. The van der Waals surface area contributed by atoms with Crippen molar-refractivity contribution in [1.82, 2.24) is 9.97 Å². The molecule has 0 radical (unpaired) electrons. The molecular formula is C17H11ClN2O2. The van der Waals surface area contributed by atoms with Crippen LogP contribution in [0.15, 0.2) is 67.0 Å². The topological polar surface area (TPSA) is 52.1 Å². The minimum absolute atomic E-state index is 0.0325. The van der Waals surface area contributed by atoms with Gasteiger partial charge in [0.2, 0.25) is 0 Å². The van der Waals surface area contributed by atoms with Gasteiger partial charge in [-0.15, -0.1) is 0 Å². The molecule has 1 aromatic heterocycles. The Bertz CT molecular complexity index is 772. The standard InChI is InChI=1S/C17H11ClN2O2/c18-14-10-19-17(20-11-14)22-15-8-6-13(7-9-15)16(21)12-4-2-1-3-5-12/h1-11H. The molecule has 108 valence electrons. The fourth-order valence-electron chi connectivity index (χ4n) is 1.89. The van der Waals surface area contributed by atoms with Gasteiger partial charge in [0.25, 0.3) is 0 Å². The molecule has 4 nitrogen and oxygen atoms in total. The summed E-state index contributed by atoms with van der Waals surface area (Å²) in [6.45, 7) is 0. The molecular weight excluding hydrogens is 300 g/mol. The summed E-state index contributed by atoms with van der Waals surface area (Å²) in [4.78, 5) is 20.2. The van der Waals surface area contributed by atoms with E-state index in [9.17, 15) is 4.79 Å². The number of benzene rings is 2. The van der Waals surface area contributed by atoms with Crippen LogP contribution in [-0.2, 0) is 0 Å². The Balaban J connectivity index is 1.75. The molecule has 22 heavy (non-hydrogen) atoms. The van der Waals surface area contributed by atoms with E-state index in [1.54, 1.807) is 36.4 Å². The lowest BCUT2D eigenvalue weighted by Crippen LogP contribution is -2.00. The SMILES string of the molecule is O=C(c1ccccc1)c1ccc(Oc2ncc(Cl)cn2)cc1. The third-order valence-corrected chi connectivity index (χ3v) is 3.15. The zero-order chi connectivity index (χ0) is 15.4. The number of ketones is 1. The van der Waals surface area contributed by atoms with Crippen LogP contribution in [0.1, 0.15) is 15.9 Å². The summed E-state index contributed by atoms with van der Waals surface area (Å²) in [5.41, 5.74) is 1.24. The second-order valence-corrected chi connectivity index (χ2v) is 4.94. The van der Waals surface area contributed by atoms with E-state index in [0.29, 0.717) is 21.9 Å². The van der Waals surface area contributed by atoms with Crippen molar-refractivity contribution in [3.05, 3.63) is 83.1 Å². The quantitative estimate of drug-likeness (QED) is 0.679. The highest BCUT2D eigenvalue weighted by atomic mass is 35.5. The van der Waals surface area contributed by atoms with Gasteiger partial charge in [-0.2, -0.15) is 0 Å². The van der Waals surface area contributed by atoms with E-state index >= 15 is 0 Å².